The molecule has 0 saturated heterocycles. The highest BCUT2D eigenvalue weighted by Crippen LogP contribution is 2.26. The minimum Gasteiger partial charge on any atom is -0.285 e. The topological polar surface area (TPSA) is 22.8 Å². The Morgan fingerprint density at radius 3 is 2.13 bits per heavy atom. The van der Waals surface area contributed by atoms with Crippen LogP contribution >= 0.6 is 12.2 Å². The summed E-state index contributed by atoms with van der Waals surface area (Å²) in [6, 6.07) is 22.4. The molecule has 3 nitrogen and oxygen atoms in total. The van der Waals surface area contributed by atoms with E-state index in [1.807, 2.05) is 47.0 Å². The molecule has 0 saturated carbocycles. The molecule has 0 bridgehead atoms. The average molecular weight is 317 g/mol. The van der Waals surface area contributed by atoms with Gasteiger partial charge < -0.3 is 0 Å². The van der Waals surface area contributed by atoms with Crippen molar-refractivity contribution in [3.05, 3.63) is 83.3 Å². The third kappa shape index (κ3) is 2.19. The van der Waals surface area contributed by atoms with Gasteiger partial charge in [-0.3, -0.25) is 9.13 Å². The Hall–Kier alpha value is -2.72. The summed E-state index contributed by atoms with van der Waals surface area (Å²) in [5, 5.41) is 0. The van der Waals surface area contributed by atoms with Crippen LogP contribution in [0.2, 0.25) is 0 Å². The van der Waals surface area contributed by atoms with Crippen molar-refractivity contribution in [2.45, 2.75) is 6.92 Å². The number of aromatic nitrogens is 3. The van der Waals surface area contributed by atoms with Crippen LogP contribution in [0.4, 0.5) is 0 Å². The number of para-hydroxylation sites is 3. The number of hydrogen-bond donors (Lipinski definition) is 0. The Morgan fingerprint density at radius 2 is 1.43 bits per heavy atom. The van der Waals surface area contributed by atoms with Crippen molar-refractivity contribution in [2.24, 2.45) is 0 Å². The van der Waals surface area contributed by atoms with Gasteiger partial charge in [0.2, 0.25) is 0 Å². The number of rotatable bonds is 2. The van der Waals surface area contributed by atoms with Gasteiger partial charge in [-0.25, -0.2) is 4.98 Å². The minimum absolute atomic E-state index is 0.721. The molecule has 0 aliphatic carbocycles. The molecular weight excluding hydrogens is 302 g/mol. The van der Waals surface area contributed by atoms with Crippen molar-refractivity contribution in [3.8, 4) is 11.5 Å². The Morgan fingerprint density at radius 1 is 0.783 bits per heavy atom. The molecule has 0 N–H and O–H groups in total. The quantitative estimate of drug-likeness (QED) is 0.493. The molecule has 0 aliphatic heterocycles. The molecule has 0 unspecified atom stereocenters. The van der Waals surface area contributed by atoms with E-state index in [1.54, 1.807) is 6.20 Å². The van der Waals surface area contributed by atoms with E-state index in [2.05, 4.69) is 40.7 Å². The molecule has 0 fully saturated rings. The highest BCUT2D eigenvalue weighted by Gasteiger charge is 2.14. The third-order valence-corrected chi connectivity index (χ3v) is 4.35. The summed E-state index contributed by atoms with van der Waals surface area (Å²) in [4.78, 5) is 4.47. The zero-order valence-electron chi connectivity index (χ0n) is 12.7. The first-order valence-corrected chi connectivity index (χ1v) is 7.88. The van der Waals surface area contributed by atoms with Crippen molar-refractivity contribution in [2.75, 3.05) is 0 Å². The van der Waals surface area contributed by atoms with E-state index in [0.29, 0.717) is 0 Å². The van der Waals surface area contributed by atoms with Gasteiger partial charge in [-0.2, -0.15) is 0 Å². The number of benzene rings is 2. The number of imidazole rings is 1. The predicted octanol–water partition coefficient (Wildman–Crippen LogP) is 4.85. The van der Waals surface area contributed by atoms with E-state index in [-0.39, 0.29) is 0 Å². The normalized spacial score (nSPS) is 11.0. The fraction of sp³-hybridized carbons (Fsp3) is 0.0526. The van der Waals surface area contributed by atoms with Crippen LogP contribution in [0, 0.1) is 11.7 Å². The SMILES string of the molecule is Cc1ccccc1-n1c(=S)n(-c2ccccn2)c2ccccc21. The summed E-state index contributed by atoms with van der Waals surface area (Å²) in [5.74, 6) is 0.834. The number of aryl methyl sites for hydroxylation is 1. The van der Waals surface area contributed by atoms with Gasteiger partial charge >= 0.3 is 0 Å². The van der Waals surface area contributed by atoms with Crippen molar-refractivity contribution < 1.29 is 0 Å². The summed E-state index contributed by atoms with van der Waals surface area (Å²) in [6.07, 6.45) is 1.79. The third-order valence-electron chi connectivity index (χ3n) is 3.98. The van der Waals surface area contributed by atoms with Gasteiger partial charge in [0.15, 0.2) is 4.77 Å². The van der Waals surface area contributed by atoms with Crippen LogP contribution in [-0.4, -0.2) is 14.1 Å². The van der Waals surface area contributed by atoms with E-state index in [9.17, 15) is 0 Å². The molecule has 0 atom stereocenters. The molecular formula is C19H15N3S. The summed E-state index contributed by atoms with van der Waals surface area (Å²) >= 11 is 5.80. The molecule has 112 valence electrons. The number of fused-ring (bicyclic) bond motifs is 1. The maximum absolute atomic E-state index is 5.80. The van der Waals surface area contributed by atoms with Crippen LogP contribution in [0.5, 0.6) is 0 Å². The molecule has 2 aromatic heterocycles. The van der Waals surface area contributed by atoms with Crippen molar-refractivity contribution in [3.63, 3.8) is 0 Å². The summed E-state index contributed by atoms with van der Waals surface area (Å²) in [6.45, 7) is 2.10. The van der Waals surface area contributed by atoms with Gasteiger partial charge in [-0.05, 0) is 55.0 Å². The predicted molar refractivity (Wildman–Crippen MR) is 96.0 cm³/mol. The number of hydrogen-bond acceptors (Lipinski definition) is 2. The van der Waals surface area contributed by atoms with Crippen LogP contribution in [0.1, 0.15) is 5.56 Å². The lowest BCUT2D eigenvalue weighted by Crippen LogP contribution is -2.00. The van der Waals surface area contributed by atoms with E-state index in [0.717, 1.165) is 27.3 Å². The van der Waals surface area contributed by atoms with Crippen LogP contribution in [-0.2, 0) is 0 Å². The summed E-state index contributed by atoms with van der Waals surface area (Å²) in [5.41, 5.74) is 4.42. The average Bonchev–Trinajstić information content (AvgIpc) is 2.88. The molecule has 2 aromatic carbocycles. The maximum atomic E-state index is 5.80. The highest BCUT2D eigenvalue weighted by molar-refractivity contribution is 7.71. The number of nitrogens with zero attached hydrogens (tertiary/aromatic N) is 3. The van der Waals surface area contributed by atoms with E-state index in [1.165, 1.54) is 5.56 Å². The molecule has 4 aromatic rings. The molecule has 4 rings (SSSR count). The largest absolute Gasteiger partial charge is 0.285 e. The number of pyridine rings is 1. The minimum atomic E-state index is 0.721. The Labute approximate surface area is 139 Å². The molecule has 23 heavy (non-hydrogen) atoms. The van der Waals surface area contributed by atoms with Gasteiger partial charge in [0.25, 0.3) is 0 Å². The maximum Gasteiger partial charge on any atom is 0.191 e. The first-order chi connectivity index (χ1) is 11.3. The van der Waals surface area contributed by atoms with Gasteiger partial charge in [-0.15, -0.1) is 0 Å². The smallest absolute Gasteiger partial charge is 0.191 e. The summed E-state index contributed by atoms with van der Waals surface area (Å²) < 4.78 is 4.87. The molecule has 2 heterocycles. The van der Waals surface area contributed by atoms with Crippen molar-refractivity contribution >= 4 is 23.3 Å². The monoisotopic (exact) mass is 317 g/mol. The van der Waals surface area contributed by atoms with E-state index in [4.69, 9.17) is 12.2 Å². The second-order valence-corrected chi connectivity index (χ2v) is 5.78. The fourth-order valence-electron chi connectivity index (χ4n) is 2.90. The Balaban J connectivity index is 2.14. The van der Waals surface area contributed by atoms with Gasteiger partial charge in [0.1, 0.15) is 5.82 Å². The lowest BCUT2D eigenvalue weighted by atomic mass is 10.2. The van der Waals surface area contributed by atoms with Crippen molar-refractivity contribution in [1.29, 1.82) is 0 Å². The highest BCUT2D eigenvalue weighted by atomic mass is 32.1. The molecule has 0 amide bonds. The second kappa shape index (κ2) is 5.48. The van der Waals surface area contributed by atoms with Crippen LogP contribution in [0.25, 0.3) is 22.5 Å². The fourth-order valence-corrected chi connectivity index (χ4v) is 3.29. The zero-order chi connectivity index (χ0) is 15.8. The summed E-state index contributed by atoms with van der Waals surface area (Å²) in [7, 11) is 0. The second-order valence-electron chi connectivity index (χ2n) is 5.42. The zero-order valence-corrected chi connectivity index (χ0v) is 13.5. The Bertz CT molecular complexity index is 1050. The first-order valence-electron chi connectivity index (χ1n) is 7.47. The van der Waals surface area contributed by atoms with Gasteiger partial charge in [-0.1, -0.05) is 36.4 Å². The Kier molecular flexibility index (Phi) is 3.32. The molecule has 0 radical (unpaired) electrons. The molecule has 4 heteroatoms. The van der Waals surface area contributed by atoms with Gasteiger partial charge in [0.05, 0.1) is 16.7 Å². The first kappa shape index (κ1) is 13.9. The molecule has 0 aliphatic rings. The lowest BCUT2D eigenvalue weighted by Gasteiger charge is -2.08. The van der Waals surface area contributed by atoms with Crippen LogP contribution in [0.3, 0.4) is 0 Å². The standard InChI is InChI=1S/C19H15N3S/c1-14-8-2-3-9-15(14)21-16-10-4-5-11-17(16)22(19(21)23)18-12-6-7-13-20-18/h2-13H,1H3. The molecule has 0 spiro atoms. The van der Waals surface area contributed by atoms with Crippen molar-refractivity contribution in [1.82, 2.24) is 14.1 Å². The van der Waals surface area contributed by atoms with Crippen LogP contribution in [0.15, 0.2) is 72.9 Å². The van der Waals surface area contributed by atoms with Crippen LogP contribution < -0.4 is 0 Å². The lowest BCUT2D eigenvalue weighted by molar-refractivity contribution is 0.943. The van der Waals surface area contributed by atoms with E-state index >= 15 is 0 Å². The van der Waals surface area contributed by atoms with E-state index < -0.39 is 0 Å². The van der Waals surface area contributed by atoms with Gasteiger partial charge in [0, 0.05) is 6.20 Å².